The van der Waals surface area contributed by atoms with Crippen molar-refractivity contribution in [2.24, 2.45) is 5.92 Å². The van der Waals surface area contributed by atoms with Crippen molar-refractivity contribution in [2.75, 3.05) is 4.93 Å². The number of carbonyl (C=O) groups is 3. The van der Waals surface area contributed by atoms with Crippen LogP contribution in [0.3, 0.4) is 0 Å². The van der Waals surface area contributed by atoms with Gasteiger partial charge in [0.15, 0.2) is 0 Å². The molecule has 0 bridgehead atoms. The molecule has 1 rings (SSSR count). The molecular weight excluding hydrogens is 309 g/mol. The van der Waals surface area contributed by atoms with Crippen molar-refractivity contribution in [3.05, 3.63) is 12.2 Å². The van der Waals surface area contributed by atoms with E-state index >= 15 is 0 Å². The number of rotatable bonds is 4. The second-order valence-corrected chi connectivity index (χ2v) is 5.54. The summed E-state index contributed by atoms with van der Waals surface area (Å²) in [7, 11) is 0. The number of amides is 2. The van der Waals surface area contributed by atoms with Crippen LogP contribution in [-0.2, 0) is 14.4 Å². The number of imide groups is 1. The third kappa shape index (κ3) is 2.45. The molecule has 0 saturated carbocycles. The molecule has 0 fully saturated rings. The van der Waals surface area contributed by atoms with E-state index in [1.165, 1.54) is 12.2 Å². The van der Waals surface area contributed by atoms with E-state index in [4.69, 9.17) is 0 Å². The molecule has 0 aromatic rings. The zero-order chi connectivity index (χ0) is 11.6. The summed E-state index contributed by atoms with van der Waals surface area (Å²) in [4.78, 5) is 37.3. The zero-order valence-electron chi connectivity index (χ0n) is 8.86. The van der Waals surface area contributed by atoms with E-state index in [0.29, 0.717) is 0 Å². The van der Waals surface area contributed by atoms with Gasteiger partial charge >= 0.3 is 99.0 Å². The molecular formula is C10H13INO3-. The molecule has 2 amide bonds. The van der Waals surface area contributed by atoms with Crippen LogP contribution in [0.25, 0.3) is 0 Å². The van der Waals surface area contributed by atoms with Crippen LogP contribution in [0.2, 0.25) is 0 Å². The first kappa shape index (κ1) is 12.4. The van der Waals surface area contributed by atoms with Crippen LogP contribution < -0.4 is 21.2 Å². The number of hydrogen-bond donors (Lipinski definition) is 0. The van der Waals surface area contributed by atoms with E-state index in [1.807, 2.05) is 4.93 Å². The first-order chi connectivity index (χ1) is 6.99. The summed E-state index contributed by atoms with van der Waals surface area (Å²) in [6, 6.07) is -0.341. The number of alkyl halides is 1. The van der Waals surface area contributed by atoms with Crippen molar-refractivity contribution in [3.63, 3.8) is 0 Å². The van der Waals surface area contributed by atoms with Crippen LogP contribution in [0.4, 0.5) is 0 Å². The zero-order valence-corrected chi connectivity index (χ0v) is 11.0. The molecule has 1 aliphatic heterocycles. The quantitative estimate of drug-likeness (QED) is 0.243. The topological polar surface area (TPSA) is 54.5 Å². The molecule has 0 N–H and O–H groups in total. The first-order valence-corrected chi connectivity index (χ1v) is 7.81. The fourth-order valence-electron chi connectivity index (χ4n) is 1.40. The molecule has 5 heteroatoms. The molecule has 2 unspecified atom stereocenters. The van der Waals surface area contributed by atoms with E-state index in [9.17, 15) is 14.4 Å². The molecule has 4 nitrogen and oxygen atoms in total. The van der Waals surface area contributed by atoms with Crippen LogP contribution in [-0.4, -0.2) is 31.5 Å². The van der Waals surface area contributed by atoms with Gasteiger partial charge in [-0.05, 0) is 0 Å². The Morgan fingerprint density at radius 2 is 1.73 bits per heavy atom. The first-order valence-electron chi connectivity index (χ1n) is 4.57. The van der Waals surface area contributed by atoms with Gasteiger partial charge in [-0.2, -0.15) is 0 Å². The van der Waals surface area contributed by atoms with Gasteiger partial charge in [-0.25, -0.2) is 0 Å². The molecule has 15 heavy (non-hydrogen) atoms. The number of hydrogen-bond acceptors (Lipinski definition) is 3. The molecule has 1 aliphatic rings. The summed E-state index contributed by atoms with van der Waals surface area (Å²) in [5, 5.41) is 0. The van der Waals surface area contributed by atoms with Gasteiger partial charge in [0.05, 0.1) is 0 Å². The van der Waals surface area contributed by atoms with Crippen molar-refractivity contribution >= 4 is 15.6 Å². The second-order valence-electron chi connectivity index (χ2n) is 3.40. The summed E-state index contributed by atoms with van der Waals surface area (Å²) in [6.45, 7) is 3.51. The second kappa shape index (κ2) is 4.87. The average Bonchev–Trinajstić information content (AvgIpc) is 2.55. The summed E-state index contributed by atoms with van der Waals surface area (Å²) in [5.74, 6) is -0.890. The van der Waals surface area contributed by atoms with Crippen molar-refractivity contribution < 1.29 is 35.6 Å². The molecule has 2 atom stereocenters. The van der Waals surface area contributed by atoms with E-state index in [2.05, 4.69) is 0 Å². The molecule has 0 radical (unpaired) electrons. The van der Waals surface area contributed by atoms with Crippen molar-refractivity contribution in [1.29, 1.82) is 0 Å². The maximum atomic E-state index is 11.5. The predicted octanol–water partition coefficient (Wildman–Crippen LogP) is -2.82. The minimum atomic E-state index is -0.483. The summed E-state index contributed by atoms with van der Waals surface area (Å²) < 4.78 is 0.175. The van der Waals surface area contributed by atoms with Gasteiger partial charge < -0.3 is 0 Å². The molecule has 84 valence electrons. The summed E-state index contributed by atoms with van der Waals surface area (Å²) >= 11 is -0.483. The predicted molar refractivity (Wildman–Crippen MR) is 50.6 cm³/mol. The minimum absolute atomic E-state index is 0.175. The van der Waals surface area contributed by atoms with Crippen molar-refractivity contribution in [3.8, 4) is 0 Å². The normalized spacial score (nSPS) is 19.8. The van der Waals surface area contributed by atoms with Crippen molar-refractivity contribution in [2.45, 2.75) is 19.9 Å². The van der Waals surface area contributed by atoms with E-state index in [0.717, 1.165) is 4.90 Å². The maximum absolute atomic E-state index is 11.5. The van der Waals surface area contributed by atoms with Crippen LogP contribution >= 0.6 is 0 Å². The van der Waals surface area contributed by atoms with E-state index < -0.39 is 21.2 Å². The Bertz CT molecular complexity index is 320. The Kier molecular flexibility index (Phi) is 4.01. The fraction of sp³-hybridized carbons (Fsp3) is 0.500. The summed E-state index contributed by atoms with van der Waals surface area (Å²) in [5.41, 5.74) is 0. The Morgan fingerprint density at radius 1 is 1.27 bits per heavy atom. The van der Waals surface area contributed by atoms with Gasteiger partial charge in [0.2, 0.25) is 0 Å². The molecule has 0 aromatic heterocycles. The van der Waals surface area contributed by atoms with Crippen LogP contribution in [0.15, 0.2) is 12.2 Å². The van der Waals surface area contributed by atoms with Gasteiger partial charge in [0.1, 0.15) is 0 Å². The van der Waals surface area contributed by atoms with Gasteiger partial charge in [-0.3, -0.25) is 0 Å². The Labute approximate surface area is 99.0 Å². The number of carbonyl (C=O) groups excluding carboxylic acids is 3. The Morgan fingerprint density at radius 3 is 2.13 bits per heavy atom. The third-order valence-corrected chi connectivity index (χ3v) is 4.56. The molecule has 1 heterocycles. The number of halogens is 1. The van der Waals surface area contributed by atoms with Crippen LogP contribution in [0.1, 0.15) is 13.8 Å². The molecule has 0 spiro atoms. The van der Waals surface area contributed by atoms with Crippen molar-refractivity contribution in [1.82, 2.24) is 4.90 Å². The van der Waals surface area contributed by atoms with Gasteiger partial charge in [0, 0.05) is 0 Å². The Balaban J connectivity index is 2.76. The SMILES string of the molecule is C[I-]C(=O)C(C)C(C)N1C(=O)C=CC1=O. The average molecular weight is 322 g/mol. The van der Waals surface area contributed by atoms with Gasteiger partial charge in [-0.15, -0.1) is 0 Å². The van der Waals surface area contributed by atoms with E-state index in [1.54, 1.807) is 13.8 Å². The fourth-order valence-corrected chi connectivity index (χ4v) is 2.90. The summed E-state index contributed by atoms with van der Waals surface area (Å²) in [6.07, 6.45) is 2.49. The standard InChI is InChI=1S/C10H13INO3/c1-6(10(15)11-3)7(2)12-8(13)4-5-9(12)14/h4-7H,1-3H3/q-1. The molecule has 0 saturated heterocycles. The van der Waals surface area contributed by atoms with Crippen LogP contribution in [0.5, 0.6) is 0 Å². The third-order valence-electron chi connectivity index (χ3n) is 2.52. The van der Waals surface area contributed by atoms with Crippen LogP contribution in [0, 0.1) is 5.92 Å². The van der Waals surface area contributed by atoms with E-state index in [-0.39, 0.29) is 27.6 Å². The Hall–Kier alpha value is -0.720. The number of nitrogens with zero attached hydrogens (tertiary/aromatic N) is 1. The van der Waals surface area contributed by atoms with Gasteiger partial charge in [0.25, 0.3) is 0 Å². The molecule has 0 aliphatic carbocycles. The monoisotopic (exact) mass is 322 g/mol. The van der Waals surface area contributed by atoms with Gasteiger partial charge in [-0.1, -0.05) is 0 Å². The molecule has 0 aromatic carbocycles.